The Morgan fingerprint density at radius 1 is 1.05 bits per heavy atom. The van der Waals surface area contributed by atoms with Gasteiger partial charge in [0.05, 0.1) is 6.61 Å². The lowest BCUT2D eigenvalue weighted by Gasteiger charge is -2.28. The summed E-state index contributed by atoms with van der Waals surface area (Å²) in [7, 11) is 0. The van der Waals surface area contributed by atoms with Crippen LogP contribution >= 0.6 is 0 Å². The summed E-state index contributed by atoms with van der Waals surface area (Å²) in [4.78, 5) is 0. The minimum absolute atomic E-state index is 0.396. The molecule has 0 aliphatic heterocycles. The first kappa shape index (κ1) is 16.0. The second kappa shape index (κ2) is 8.98. The quantitative estimate of drug-likeness (QED) is 0.705. The molecule has 1 atom stereocenters. The van der Waals surface area contributed by atoms with Crippen LogP contribution in [-0.2, 0) is 0 Å². The van der Waals surface area contributed by atoms with Gasteiger partial charge >= 0.3 is 0 Å². The highest BCUT2D eigenvalue weighted by Gasteiger charge is 2.22. The van der Waals surface area contributed by atoms with Crippen molar-refractivity contribution in [1.29, 1.82) is 0 Å². The second-order valence-corrected chi connectivity index (χ2v) is 5.00. The first-order valence-corrected chi connectivity index (χ1v) is 7.73. The van der Waals surface area contributed by atoms with Crippen molar-refractivity contribution in [3.05, 3.63) is 29.8 Å². The summed E-state index contributed by atoms with van der Waals surface area (Å²) in [6.07, 6.45) is 3.43. The molecule has 1 aromatic rings. The zero-order chi connectivity index (χ0) is 14.1. The Morgan fingerprint density at radius 2 is 1.74 bits per heavy atom. The normalized spacial score (nSPS) is 12.7. The Morgan fingerprint density at radius 3 is 2.32 bits per heavy atom. The summed E-state index contributed by atoms with van der Waals surface area (Å²) in [5.74, 6) is 1.70. The van der Waals surface area contributed by atoms with E-state index in [-0.39, 0.29) is 0 Å². The predicted molar refractivity (Wildman–Crippen MR) is 82.7 cm³/mol. The molecule has 1 rings (SSSR count). The fraction of sp³-hybridized carbons (Fsp3) is 0.647. The molecule has 0 spiro atoms. The summed E-state index contributed by atoms with van der Waals surface area (Å²) in [5, 5.41) is 3.64. The number of ether oxygens (including phenoxy) is 1. The Labute approximate surface area is 118 Å². The van der Waals surface area contributed by atoms with E-state index < -0.39 is 0 Å². The lowest BCUT2D eigenvalue weighted by molar-refractivity contribution is 0.293. The van der Waals surface area contributed by atoms with Gasteiger partial charge in [-0.05, 0) is 24.9 Å². The van der Waals surface area contributed by atoms with Crippen LogP contribution in [0.5, 0.6) is 5.75 Å². The molecule has 1 unspecified atom stereocenters. The SMILES string of the molecule is CCCOc1ccccc1C(NCC)C(CC)CC. The van der Waals surface area contributed by atoms with E-state index in [1.165, 1.54) is 18.4 Å². The van der Waals surface area contributed by atoms with E-state index in [4.69, 9.17) is 4.74 Å². The van der Waals surface area contributed by atoms with Gasteiger partial charge in [0.1, 0.15) is 5.75 Å². The van der Waals surface area contributed by atoms with E-state index >= 15 is 0 Å². The first-order chi connectivity index (χ1) is 9.28. The van der Waals surface area contributed by atoms with Gasteiger partial charge in [0.2, 0.25) is 0 Å². The van der Waals surface area contributed by atoms with Crippen LogP contribution in [0.25, 0.3) is 0 Å². The number of hydrogen-bond acceptors (Lipinski definition) is 2. The monoisotopic (exact) mass is 263 g/mol. The van der Waals surface area contributed by atoms with Crippen LogP contribution in [0.15, 0.2) is 24.3 Å². The van der Waals surface area contributed by atoms with Crippen molar-refractivity contribution in [1.82, 2.24) is 5.32 Å². The van der Waals surface area contributed by atoms with Crippen LogP contribution in [0.1, 0.15) is 58.6 Å². The Hall–Kier alpha value is -1.02. The summed E-state index contributed by atoms with van der Waals surface area (Å²) in [6.45, 7) is 10.6. The minimum atomic E-state index is 0.396. The predicted octanol–water partition coefficient (Wildman–Crippen LogP) is 4.56. The summed E-state index contributed by atoms with van der Waals surface area (Å²) in [5.41, 5.74) is 1.31. The van der Waals surface area contributed by atoms with Crippen molar-refractivity contribution in [2.45, 2.75) is 53.0 Å². The number of nitrogens with one attached hydrogen (secondary N) is 1. The highest BCUT2D eigenvalue weighted by Crippen LogP contribution is 2.33. The maximum absolute atomic E-state index is 5.91. The summed E-state index contributed by atoms with van der Waals surface area (Å²) >= 11 is 0. The van der Waals surface area contributed by atoms with E-state index in [0.717, 1.165) is 25.3 Å². The lowest BCUT2D eigenvalue weighted by Crippen LogP contribution is -2.28. The molecular formula is C17H29NO. The zero-order valence-corrected chi connectivity index (χ0v) is 12.9. The fourth-order valence-corrected chi connectivity index (χ4v) is 2.59. The minimum Gasteiger partial charge on any atom is -0.493 e. The van der Waals surface area contributed by atoms with Crippen molar-refractivity contribution in [2.24, 2.45) is 5.92 Å². The number of rotatable bonds is 9. The third-order valence-electron chi connectivity index (χ3n) is 3.66. The Bertz CT molecular complexity index is 347. The third kappa shape index (κ3) is 4.54. The molecule has 0 radical (unpaired) electrons. The molecule has 0 aliphatic carbocycles. The van der Waals surface area contributed by atoms with Gasteiger partial charge in [0, 0.05) is 11.6 Å². The molecule has 2 heteroatoms. The van der Waals surface area contributed by atoms with Crippen LogP contribution in [-0.4, -0.2) is 13.2 Å². The van der Waals surface area contributed by atoms with Crippen LogP contribution in [0, 0.1) is 5.92 Å². The molecule has 1 N–H and O–H groups in total. The molecule has 108 valence electrons. The topological polar surface area (TPSA) is 21.3 Å². The molecule has 1 aromatic carbocycles. The average Bonchev–Trinajstić information content (AvgIpc) is 2.46. The van der Waals surface area contributed by atoms with E-state index in [1.54, 1.807) is 0 Å². The Balaban J connectivity index is 2.99. The molecular weight excluding hydrogens is 234 g/mol. The highest BCUT2D eigenvalue weighted by atomic mass is 16.5. The van der Waals surface area contributed by atoms with Crippen LogP contribution < -0.4 is 10.1 Å². The number of benzene rings is 1. The molecule has 2 nitrogen and oxygen atoms in total. The molecule has 0 saturated heterocycles. The molecule has 0 aliphatic rings. The van der Waals surface area contributed by atoms with E-state index in [9.17, 15) is 0 Å². The van der Waals surface area contributed by atoms with E-state index in [1.807, 2.05) is 0 Å². The maximum atomic E-state index is 5.91. The third-order valence-corrected chi connectivity index (χ3v) is 3.66. The van der Waals surface area contributed by atoms with Gasteiger partial charge in [-0.2, -0.15) is 0 Å². The van der Waals surface area contributed by atoms with Crippen LogP contribution in [0.2, 0.25) is 0 Å². The van der Waals surface area contributed by atoms with Crippen molar-refractivity contribution in [3.8, 4) is 5.75 Å². The number of para-hydroxylation sites is 1. The molecule has 0 bridgehead atoms. The summed E-state index contributed by atoms with van der Waals surface area (Å²) in [6, 6.07) is 8.87. The molecule has 0 amide bonds. The fourth-order valence-electron chi connectivity index (χ4n) is 2.59. The van der Waals surface area contributed by atoms with Crippen LogP contribution in [0.3, 0.4) is 0 Å². The van der Waals surface area contributed by atoms with Gasteiger partial charge in [-0.15, -0.1) is 0 Å². The van der Waals surface area contributed by atoms with Gasteiger partial charge in [0.15, 0.2) is 0 Å². The second-order valence-electron chi connectivity index (χ2n) is 5.00. The van der Waals surface area contributed by atoms with Gasteiger partial charge in [0.25, 0.3) is 0 Å². The smallest absolute Gasteiger partial charge is 0.124 e. The van der Waals surface area contributed by atoms with Crippen molar-refractivity contribution in [2.75, 3.05) is 13.2 Å². The largest absolute Gasteiger partial charge is 0.493 e. The molecule has 0 fully saturated rings. The molecule has 0 saturated carbocycles. The highest BCUT2D eigenvalue weighted by molar-refractivity contribution is 5.36. The number of hydrogen-bond donors (Lipinski definition) is 1. The van der Waals surface area contributed by atoms with Gasteiger partial charge in [-0.1, -0.05) is 58.7 Å². The lowest BCUT2D eigenvalue weighted by atomic mass is 9.88. The van der Waals surface area contributed by atoms with Crippen molar-refractivity contribution >= 4 is 0 Å². The Kier molecular flexibility index (Phi) is 7.57. The van der Waals surface area contributed by atoms with Crippen molar-refractivity contribution < 1.29 is 4.74 Å². The standard InChI is InChI=1S/C17H29NO/c1-5-13-19-16-12-10-9-11-15(16)17(18-8-4)14(6-2)7-3/h9-12,14,17-18H,5-8,13H2,1-4H3. The molecule has 0 aromatic heterocycles. The van der Waals surface area contributed by atoms with E-state index in [2.05, 4.69) is 57.3 Å². The maximum Gasteiger partial charge on any atom is 0.124 e. The van der Waals surface area contributed by atoms with Gasteiger partial charge < -0.3 is 10.1 Å². The van der Waals surface area contributed by atoms with Gasteiger partial charge in [-0.25, -0.2) is 0 Å². The first-order valence-electron chi connectivity index (χ1n) is 7.73. The molecule has 0 heterocycles. The van der Waals surface area contributed by atoms with Crippen LogP contribution in [0.4, 0.5) is 0 Å². The van der Waals surface area contributed by atoms with E-state index in [0.29, 0.717) is 12.0 Å². The zero-order valence-electron chi connectivity index (χ0n) is 12.9. The molecule has 19 heavy (non-hydrogen) atoms. The summed E-state index contributed by atoms with van der Waals surface area (Å²) < 4.78 is 5.91. The van der Waals surface area contributed by atoms with Crippen molar-refractivity contribution in [3.63, 3.8) is 0 Å². The average molecular weight is 263 g/mol. The van der Waals surface area contributed by atoms with Gasteiger partial charge in [-0.3, -0.25) is 0 Å².